The van der Waals surface area contributed by atoms with Crippen LogP contribution in [0.25, 0.3) is 21.5 Å². The van der Waals surface area contributed by atoms with Crippen LogP contribution < -0.4 is 0 Å². The minimum atomic E-state index is 0. The van der Waals surface area contributed by atoms with Crippen LogP contribution in [0.1, 0.15) is 57.1 Å². The van der Waals surface area contributed by atoms with Crippen LogP contribution in [0.3, 0.4) is 0 Å². The molecule has 32 heavy (non-hydrogen) atoms. The van der Waals surface area contributed by atoms with Gasteiger partial charge in [-0.25, -0.2) is 0 Å². The summed E-state index contributed by atoms with van der Waals surface area (Å²) in [7, 11) is 0. The van der Waals surface area contributed by atoms with E-state index in [2.05, 4.69) is 100 Å². The Labute approximate surface area is 227 Å². The van der Waals surface area contributed by atoms with Crippen LogP contribution in [0.4, 0.5) is 0 Å². The number of rotatable bonds is 6. The monoisotopic (exact) mass is 636 g/mol. The number of unbranched alkanes of at least 4 members (excludes halogenated alkanes) is 2. The molecular weight excluding hydrogens is 598 g/mol. The van der Waals surface area contributed by atoms with E-state index in [1.165, 1.54) is 71.2 Å². The van der Waals surface area contributed by atoms with Crippen LogP contribution in [0.15, 0.2) is 72.8 Å². The van der Waals surface area contributed by atoms with Gasteiger partial charge in [0.15, 0.2) is 0 Å². The summed E-state index contributed by atoms with van der Waals surface area (Å²) < 4.78 is 0. The van der Waals surface area contributed by atoms with Crippen molar-refractivity contribution in [2.24, 2.45) is 0 Å². The van der Waals surface area contributed by atoms with Crippen molar-refractivity contribution in [2.75, 3.05) is 0 Å². The van der Waals surface area contributed by atoms with Crippen molar-refractivity contribution in [1.29, 1.82) is 0 Å². The van der Waals surface area contributed by atoms with Crippen molar-refractivity contribution in [3.05, 3.63) is 97.8 Å². The van der Waals surface area contributed by atoms with Gasteiger partial charge in [-0.05, 0) is 12.8 Å². The van der Waals surface area contributed by atoms with Gasteiger partial charge in [0.25, 0.3) is 0 Å². The van der Waals surface area contributed by atoms with Crippen LogP contribution in [0.2, 0.25) is 0 Å². The van der Waals surface area contributed by atoms with Crippen molar-refractivity contribution in [1.82, 2.24) is 0 Å². The number of halogens is 2. The van der Waals surface area contributed by atoms with Gasteiger partial charge in [0.2, 0.25) is 0 Å². The third-order valence-electron chi connectivity index (χ3n) is 4.99. The Balaban J connectivity index is 0. The maximum atomic E-state index is 3.38. The molecule has 0 bridgehead atoms. The Bertz CT molecular complexity index is 808. The van der Waals surface area contributed by atoms with Gasteiger partial charge in [-0.3, -0.25) is 0 Å². The first-order valence-corrected chi connectivity index (χ1v) is 11.1. The Morgan fingerprint density at radius 2 is 1.00 bits per heavy atom. The standard InChI is InChI=1S/2C13H15.C3H6.2ClH.Hf/c2*1-2-3-6-11-9-12-7-4-5-8-13(12)10-11;1-3-2;;;/h2*4-5,7-10H,2-3,6H2,1H3;1-3H2;2*1H;/q2*-1;-2;;;+4. The van der Waals surface area contributed by atoms with Crippen molar-refractivity contribution < 1.29 is 25.8 Å². The zero-order chi connectivity index (χ0) is 20.9. The van der Waals surface area contributed by atoms with E-state index in [1.807, 2.05) is 0 Å². The molecule has 0 aromatic heterocycles. The average Bonchev–Trinajstić information content (AvgIpc) is 3.35. The fourth-order valence-electron chi connectivity index (χ4n) is 3.48. The van der Waals surface area contributed by atoms with Crippen molar-refractivity contribution in [3.63, 3.8) is 0 Å². The first-order valence-electron chi connectivity index (χ1n) is 11.1. The van der Waals surface area contributed by atoms with Gasteiger partial charge in [-0.1, -0.05) is 51.7 Å². The number of hydrogen-bond acceptors (Lipinski definition) is 0. The molecule has 0 fully saturated rings. The van der Waals surface area contributed by atoms with Gasteiger partial charge in [0, 0.05) is 0 Å². The number of benzene rings is 2. The predicted octanol–water partition coefficient (Wildman–Crippen LogP) is 9.69. The smallest absolute Gasteiger partial charge is 0.372 e. The van der Waals surface area contributed by atoms with Crippen LogP contribution >= 0.6 is 24.8 Å². The summed E-state index contributed by atoms with van der Waals surface area (Å²) in [6.07, 6.45) is 8.37. The van der Waals surface area contributed by atoms with Crippen LogP contribution in [-0.2, 0) is 38.7 Å². The molecule has 0 atom stereocenters. The maximum Gasteiger partial charge on any atom is 4.00 e. The topological polar surface area (TPSA) is 0 Å². The second-order valence-corrected chi connectivity index (χ2v) is 7.55. The number of fused-ring (bicyclic) bond motifs is 2. The molecule has 0 aliphatic heterocycles. The number of aryl methyl sites for hydroxylation is 2. The quantitative estimate of drug-likeness (QED) is 0.146. The van der Waals surface area contributed by atoms with E-state index in [1.54, 1.807) is 0 Å². The van der Waals surface area contributed by atoms with Gasteiger partial charge in [-0.2, -0.15) is 12.1 Å². The predicted molar refractivity (Wildman–Crippen MR) is 146 cm³/mol. The summed E-state index contributed by atoms with van der Waals surface area (Å²) in [5, 5.41) is 5.53. The summed E-state index contributed by atoms with van der Waals surface area (Å²) in [4.78, 5) is 0. The van der Waals surface area contributed by atoms with E-state index >= 15 is 0 Å². The van der Waals surface area contributed by atoms with Gasteiger partial charge in [0.05, 0.1) is 0 Å². The summed E-state index contributed by atoms with van der Waals surface area (Å²) in [5.41, 5.74) is 2.98. The first kappa shape index (κ1) is 33.3. The maximum absolute atomic E-state index is 3.38. The van der Waals surface area contributed by atoms with E-state index in [9.17, 15) is 0 Å². The Hall–Kier alpha value is -0.890. The molecule has 172 valence electrons. The molecule has 4 aromatic rings. The van der Waals surface area contributed by atoms with Gasteiger partial charge in [0.1, 0.15) is 0 Å². The zero-order valence-corrected chi connectivity index (χ0v) is 24.8. The molecule has 0 N–H and O–H groups in total. The molecule has 0 radical (unpaired) electrons. The molecule has 0 amide bonds. The third kappa shape index (κ3) is 11.3. The molecule has 4 rings (SSSR count). The van der Waals surface area contributed by atoms with Gasteiger partial charge < -0.3 is 20.3 Å². The van der Waals surface area contributed by atoms with E-state index in [4.69, 9.17) is 0 Å². The minimum Gasteiger partial charge on any atom is -0.372 e. The SMILES string of the molecule is CCCCc1cc2ccccc2[cH-]1.CCCCc1cc2ccccc2[cH-]1.Cl.Cl.[CH2-]C[CH2-].[Hf+4]. The van der Waals surface area contributed by atoms with Crippen LogP contribution in [-0.4, -0.2) is 0 Å². The molecule has 0 aliphatic rings. The second kappa shape index (κ2) is 19.6. The van der Waals surface area contributed by atoms with E-state index in [0.717, 1.165) is 6.42 Å². The molecule has 4 aromatic carbocycles. The fraction of sp³-hybridized carbons (Fsp3) is 0.310. The molecule has 0 saturated heterocycles. The Morgan fingerprint density at radius 3 is 1.31 bits per heavy atom. The minimum absolute atomic E-state index is 0. The molecule has 0 saturated carbocycles. The molecule has 0 nitrogen and oxygen atoms in total. The average molecular weight is 636 g/mol. The van der Waals surface area contributed by atoms with Crippen molar-refractivity contribution in [3.8, 4) is 0 Å². The molecular formula is C29H38Cl2Hf. The summed E-state index contributed by atoms with van der Waals surface area (Å²) in [6.45, 7) is 11.2. The van der Waals surface area contributed by atoms with E-state index in [-0.39, 0.29) is 50.7 Å². The first-order chi connectivity index (χ1) is 14.2. The molecule has 0 aliphatic carbocycles. The molecule has 3 heteroatoms. The Kier molecular flexibility index (Phi) is 20.4. The summed E-state index contributed by atoms with van der Waals surface area (Å²) in [6, 6.07) is 26.4. The fourth-order valence-corrected chi connectivity index (χ4v) is 3.48. The molecule has 0 unspecified atom stereocenters. The van der Waals surface area contributed by atoms with E-state index in [0.29, 0.717) is 0 Å². The largest absolute Gasteiger partial charge is 4.00 e. The molecule has 0 heterocycles. The van der Waals surface area contributed by atoms with Crippen molar-refractivity contribution in [2.45, 2.75) is 58.8 Å². The summed E-state index contributed by atoms with van der Waals surface area (Å²) >= 11 is 0. The normalized spacial score (nSPS) is 9.38. The molecule has 0 spiro atoms. The van der Waals surface area contributed by atoms with Crippen LogP contribution in [0, 0.1) is 13.8 Å². The van der Waals surface area contributed by atoms with Gasteiger partial charge in [-0.15, -0.1) is 106 Å². The van der Waals surface area contributed by atoms with Crippen molar-refractivity contribution >= 4 is 46.4 Å². The second-order valence-electron chi connectivity index (χ2n) is 7.55. The third-order valence-corrected chi connectivity index (χ3v) is 4.99. The zero-order valence-electron chi connectivity index (χ0n) is 19.6. The summed E-state index contributed by atoms with van der Waals surface area (Å²) in [5.74, 6) is 0. The van der Waals surface area contributed by atoms with Crippen LogP contribution in [0.5, 0.6) is 0 Å². The van der Waals surface area contributed by atoms with E-state index < -0.39 is 0 Å². The Morgan fingerprint density at radius 1 is 0.656 bits per heavy atom. The number of hydrogen-bond donors (Lipinski definition) is 0. The van der Waals surface area contributed by atoms with Gasteiger partial charge >= 0.3 is 25.8 Å².